The molecule has 0 bridgehead atoms. The van der Waals surface area contributed by atoms with Crippen molar-refractivity contribution >= 4 is 5.69 Å². The predicted octanol–water partition coefficient (Wildman–Crippen LogP) is 0.346. The normalized spacial score (nSPS) is 9.75. The lowest BCUT2D eigenvalue weighted by Crippen LogP contribution is -2.03. The van der Waals surface area contributed by atoms with E-state index in [-0.39, 0.29) is 19.0 Å². The summed E-state index contributed by atoms with van der Waals surface area (Å²) in [5, 5.41) is 17.4. The maximum absolute atomic E-state index is 8.98. The Hall–Kier alpha value is -1.42. The third-order valence-corrected chi connectivity index (χ3v) is 1.34. The molecule has 0 spiro atoms. The van der Waals surface area contributed by atoms with E-state index in [0.29, 0.717) is 11.4 Å². The molecule has 0 saturated carbocycles. The molecular formula is C8H11NO3. The second-order valence-electron chi connectivity index (χ2n) is 2.29. The third-order valence-electron chi connectivity index (χ3n) is 1.34. The summed E-state index contributed by atoms with van der Waals surface area (Å²) < 4.78 is 5.05. The van der Waals surface area contributed by atoms with Crippen LogP contribution in [0.15, 0.2) is 18.2 Å². The van der Waals surface area contributed by atoms with E-state index in [0.717, 1.165) is 0 Å². The van der Waals surface area contributed by atoms with E-state index in [1.807, 2.05) is 0 Å². The molecule has 4 heteroatoms. The van der Waals surface area contributed by atoms with Crippen molar-refractivity contribution in [3.63, 3.8) is 0 Å². The number of rotatable bonds is 3. The zero-order valence-corrected chi connectivity index (χ0v) is 6.53. The molecular weight excluding hydrogens is 158 g/mol. The first-order valence-corrected chi connectivity index (χ1v) is 3.56. The molecule has 0 heterocycles. The zero-order valence-electron chi connectivity index (χ0n) is 6.53. The number of benzene rings is 1. The molecule has 0 atom stereocenters. The average molecular weight is 169 g/mol. The van der Waals surface area contributed by atoms with Gasteiger partial charge in [-0.25, -0.2) is 0 Å². The van der Waals surface area contributed by atoms with Crippen molar-refractivity contribution in [3.8, 4) is 11.5 Å². The molecule has 0 aromatic heterocycles. The van der Waals surface area contributed by atoms with E-state index in [2.05, 4.69) is 0 Å². The highest BCUT2D eigenvalue weighted by Gasteiger charge is 1.99. The molecule has 66 valence electrons. The number of phenols is 1. The molecule has 4 nitrogen and oxygen atoms in total. The first-order valence-electron chi connectivity index (χ1n) is 3.56. The van der Waals surface area contributed by atoms with Crippen LogP contribution in [0.4, 0.5) is 5.69 Å². The van der Waals surface area contributed by atoms with Crippen molar-refractivity contribution in [1.29, 1.82) is 0 Å². The van der Waals surface area contributed by atoms with Gasteiger partial charge in [0.05, 0.1) is 12.3 Å². The smallest absolute Gasteiger partial charge is 0.142 e. The Morgan fingerprint density at radius 1 is 1.42 bits per heavy atom. The van der Waals surface area contributed by atoms with E-state index in [4.69, 9.17) is 20.7 Å². The van der Waals surface area contributed by atoms with Gasteiger partial charge in [-0.2, -0.15) is 0 Å². The number of hydrogen-bond donors (Lipinski definition) is 3. The summed E-state index contributed by atoms with van der Waals surface area (Å²) in [4.78, 5) is 0. The predicted molar refractivity (Wildman–Crippen MR) is 45.1 cm³/mol. The number of nitrogen functional groups attached to an aromatic ring is 1. The van der Waals surface area contributed by atoms with Gasteiger partial charge in [0, 0.05) is 6.07 Å². The van der Waals surface area contributed by atoms with Gasteiger partial charge in [0.2, 0.25) is 0 Å². The van der Waals surface area contributed by atoms with Crippen LogP contribution in [-0.2, 0) is 0 Å². The van der Waals surface area contributed by atoms with Crippen LogP contribution in [0.2, 0.25) is 0 Å². The molecule has 12 heavy (non-hydrogen) atoms. The summed E-state index contributed by atoms with van der Waals surface area (Å²) in [7, 11) is 0. The van der Waals surface area contributed by atoms with E-state index in [1.165, 1.54) is 12.1 Å². The van der Waals surface area contributed by atoms with Gasteiger partial charge in [-0.15, -0.1) is 0 Å². The number of aliphatic hydroxyl groups is 1. The molecule has 0 aliphatic rings. The Kier molecular flexibility index (Phi) is 2.76. The van der Waals surface area contributed by atoms with Crippen LogP contribution < -0.4 is 10.5 Å². The van der Waals surface area contributed by atoms with Crippen LogP contribution in [-0.4, -0.2) is 23.4 Å². The van der Waals surface area contributed by atoms with Crippen LogP contribution in [0.5, 0.6) is 11.5 Å². The van der Waals surface area contributed by atoms with E-state index in [1.54, 1.807) is 6.07 Å². The lowest BCUT2D eigenvalue weighted by Gasteiger charge is -2.06. The lowest BCUT2D eigenvalue weighted by atomic mass is 10.3. The van der Waals surface area contributed by atoms with Crippen LogP contribution in [0.25, 0.3) is 0 Å². The Bertz CT molecular complexity index is 262. The second-order valence-corrected chi connectivity index (χ2v) is 2.29. The minimum atomic E-state index is -0.0552. The van der Waals surface area contributed by atoms with Gasteiger partial charge >= 0.3 is 0 Å². The third kappa shape index (κ3) is 2.03. The number of hydrogen-bond acceptors (Lipinski definition) is 4. The summed E-state index contributed by atoms with van der Waals surface area (Å²) >= 11 is 0. The molecule has 1 rings (SSSR count). The monoisotopic (exact) mass is 169 g/mol. The first-order chi connectivity index (χ1) is 5.74. The van der Waals surface area contributed by atoms with Gasteiger partial charge in [-0.1, -0.05) is 0 Å². The quantitative estimate of drug-likeness (QED) is 0.570. The van der Waals surface area contributed by atoms with Crippen molar-refractivity contribution < 1.29 is 14.9 Å². The molecule has 1 aromatic rings. The Morgan fingerprint density at radius 3 is 2.75 bits per heavy atom. The van der Waals surface area contributed by atoms with Gasteiger partial charge in [-0.3, -0.25) is 0 Å². The number of nitrogens with two attached hydrogens (primary N) is 1. The first kappa shape index (κ1) is 8.67. The standard InChI is InChI=1S/C8H11NO3/c9-7-5-6(11)1-2-8(7)12-4-3-10/h1-2,5,10-11H,3-4,9H2. The van der Waals surface area contributed by atoms with E-state index in [9.17, 15) is 0 Å². The minimum absolute atomic E-state index is 0.0552. The van der Waals surface area contributed by atoms with Crippen LogP contribution >= 0.6 is 0 Å². The minimum Gasteiger partial charge on any atom is -0.508 e. The van der Waals surface area contributed by atoms with Crippen molar-refractivity contribution in [2.24, 2.45) is 0 Å². The fraction of sp³-hybridized carbons (Fsp3) is 0.250. The number of aromatic hydroxyl groups is 1. The molecule has 0 aliphatic carbocycles. The summed E-state index contributed by atoms with van der Waals surface area (Å²) in [5.41, 5.74) is 5.86. The maximum Gasteiger partial charge on any atom is 0.142 e. The van der Waals surface area contributed by atoms with Crippen molar-refractivity contribution in [3.05, 3.63) is 18.2 Å². The highest BCUT2D eigenvalue weighted by atomic mass is 16.5. The summed E-state index contributed by atoms with van der Waals surface area (Å²) in [6.45, 7) is 0.148. The molecule has 0 unspecified atom stereocenters. The average Bonchev–Trinajstić information content (AvgIpc) is 2.03. The summed E-state index contributed by atoms with van der Waals surface area (Å²) in [5.74, 6) is 0.575. The van der Waals surface area contributed by atoms with Gasteiger partial charge in [0.1, 0.15) is 18.1 Å². The molecule has 0 aliphatic heterocycles. The van der Waals surface area contributed by atoms with Gasteiger partial charge in [0.25, 0.3) is 0 Å². The maximum atomic E-state index is 8.98. The molecule has 4 N–H and O–H groups in total. The number of aliphatic hydroxyl groups excluding tert-OH is 1. The molecule has 0 amide bonds. The van der Waals surface area contributed by atoms with Crippen LogP contribution in [0.1, 0.15) is 0 Å². The van der Waals surface area contributed by atoms with Crippen molar-refractivity contribution in [2.45, 2.75) is 0 Å². The van der Waals surface area contributed by atoms with Crippen LogP contribution in [0.3, 0.4) is 0 Å². The topological polar surface area (TPSA) is 75.7 Å². The van der Waals surface area contributed by atoms with Crippen molar-refractivity contribution in [1.82, 2.24) is 0 Å². The van der Waals surface area contributed by atoms with Crippen molar-refractivity contribution in [2.75, 3.05) is 18.9 Å². The molecule has 0 fully saturated rings. The fourth-order valence-electron chi connectivity index (χ4n) is 0.823. The highest BCUT2D eigenvalue weighted by molar-refractivity contribution is 5.55. The number of ether oxygens (including phenoxy) is 1. The largest absolute Gasteiger partial charge is 0.508 e. The molecule has 1 aromatic carbocycles. The summed E-state index contributed by atoms with van der Waals surface area (Å²) in [6.07, 6.45) is 0. The molecule has 0 radical (unpaired) electrons. The fourth-order valence-corrected chi connectivity index (χ4v) is 0.823. The molecule has 0 saturated heterocycles. The van der Waals surface area contributed by atoms with Gasteiger partial charge in [-0.05, 0) is 12.1 Å². The lowest BCUT2D eigenvalue weighted by molar-refractivity contribution is 0.202. The Labute approximate surface area is 70.2 Å². The summed E-state index contributed by atoms with van der Waals surface area (Å²) in [6, 6.07) is 4.43. The highest BCUT2D eigenvalue weighted by Crippen LogP contribution is 2.25. The zero-order chi connectivity index (χ0) is 8.97. The second kappa shape index (κ2) is 3.82. The van der Waals surface area contributed by atoms with E-state index < -0.39 is 0 Å². The Morgan fingerprint density at radius 2 is 2.17 bits per heavy atom. The number of anilines is 1. The van der Waals surface area contributed by atoms with Crippen LogP contribution in [0, 0.1) is 0 Å². The van der Waals surface area contributed by atoms with Gasteiger partial charge in [0.15, 0.2) is 0 Å². The Balaban J connectivity index is 2.72. The SMILES string of the molecule is Nc1cc(O)ccc1OCCO. The van der Waals surface area contributed by atoms with E-state index >= 15 is 0 Å². The van der Waals surface area contributed by atoms with Gasteiger partial charge < -0.3 is 20.7 Å². The number of phenolic OH excluding ortho intramolecular Hbond substituents is 1.